The fraction of sp³-hybridized carbons (Fsp3) is 0.429. The van der Waals surface area contributed by atoms with Gasteiger partial charge in [-0.2, -0.15) is 5.10 Å². The van der Waals surface area contributed by atoms with Crippen LogP contribution in [0.15, 0.2) is 23.2 Å². The fourth-order valence-electron chi connectivity index (χ4n) is 2.51. The van der Waals surface area contributed by atoms with E-state index < -0.39 is 6.09 Å². The largest absolute Gasteiger partial charge is 0.465 e. The summed E-state index contributed by atoms with van der Waals surface area (Å²) in [6.07, 6.45) is 3.90. The van der Waals surface area contributed by atoms with Crippen LogP contribution in [0, 0.1) is 0 Å². The van der Waals surface area contributed by atoms with Crippen molar-refractivity contribution in [1.29, 1.82) is 0 Å². The van der Waals surface area contributed by atoms with Crippen molar-refractivity contribution in [3.8, 4) is 11.3 Å². The van der Waals surface area contributed by atoms with E-state index in [0.29, 0.717) is 35.8 Å². The Hall–Kier alpha value is -2.20. The summed E-state index contributed by atoms with van der Waals surface area (Å²) in [5.41, 5.74) is 7.07. The van der Waals surface area contributed by atoms with Gasteiger partial charge in [-0.1, -0.05) is 0 Å². The maximum atomic E-state index is 11.2. The zero-order chi connectivity index (χ0) is 17.3. The number of nitrogen functional groups attached to an aromatic ring is 1. The number of nitrogens with zero attached hydrogens (tertiary/aromatic N) is 5. The zero-order valence-electron chi connectivity index (χ0n) is 13.0. The van der Waals surface area contributed by atoms with Crippen LogP contribution in [-0.2, 0) is 11.3 Å². The lowest BCUT2D eigenvalue weighted by Crippen LogP contribution is -2.51. The van der Waals surface area contributed by atoms with Gasteiger partial charge in [0.15, 0.2) is 5.82 Å². The predicted octanol–water partition coefficient (Wildman–Crippen LogP) is 1.45. The molecule has 3 rings (SSSR count). The molecule has 0 saturated carbocycles. The Bertz CT molecular complexity index is 752. The number of halogens is 1. The standard InChI is InChI=1S/C14H17BrN6O3/c1-8-7-24-10(6-21(8)14(22)23)5-20-4-9(2-18-20)11-3-17-13(16)12(15)19-11/h2-4,8,10H,5-7H2,1H3,(H2,16,17)(H,22,23)/t8-,10-/m1/s1. The van der Waals surface area contributed by atoms with Crippen molar-refractivity contribution in [1.82, 2.24) is 24.6 Å². The molecule has 1 saturated heterocycles. The number of nitrogens with two attached hydrogens (primary N) is 1. The molecule has 2 atom stereocenters. The van der Waals surface area contributed by atoms with Crippen LogP contribution in [0.5, 0.6) is 0 Å². The minimum absolute atomic E-state index is 0.144. The molecule has 3 heterocycles. The van der Waals surface area contributed by atoms with Gasteiger partial charge in [0.1, 0.15) is 4.60 Å². The van der Waals surface area contributed by atoms with Gasteiger partial charge in [-0.15, -0.1) is 0 Å². The van der Waals surface area contributed by atoms with E-state index in [2.05, 4.69) is 31.0 Å². The van der Waals surface area contributed by atoms with Crippen LogP contribution in [0.2, 0.25) is 0 Å². The first-order chi connectivity index (χ1) is 11.4. The van der Waals surface area contributed by atoms with E-state index in [1.807, 2.05) is 13.1 Å². The Morgan fingerprint density at radius 3 is 3.04 bits per heavy atom. The Morgan fingerprint density at radius 1 is 1.54 bits per heavy atom. The van der Waals surface area contributed by atoms with Crippen LogP contribution in [0.3, 0.4) is 0 Å². The molecule has 0 unspecified atom stereocenters. The number of carboxylic acid groups (broad SMARTS) is 1. The molecule has 3 N–H and O–H groups in total. The Morgan fingerprint density at radius 2 is 2.33 bits per heavy atom. The van der Waals surface area contributed by atoms with Gasteiger partial charge in [-0.3, -0.25) is 4.68 Å². The van der Waals surface area contributed by atoms with E-state index in [1.54, 1.807) is 17.1 Å². The first kappa shape index (κ1) is 16.7. The van der Waals surface area contributed by atoms with E-state index in [-0.39, 0.29) is 12.1 Å². The van der Waals surface area contributed by atoms with Crippen LogP contribution in [0.4, 0.5) is 10.6 Å². The van der Waals surface area contributed by atoms with Crippen molar-refractivity contribution in [2.75, 3.05) is 18.9 Å². The number of rotatable bonds is 3. The molecule has 2 aromatic rings. The van der Waals surface area contributed by atoms with E-state index in [1.165, 1.54) is 4.90 Å². The summed E-state index contributed by atoms with van der Waals surface area (Å²) in [5.74, 6) is 0.324. The number of morpholine rings is 1. The third-order valence-corrected chi connectivity index (χ3v) is 4.41. The highest BCUT2D eigenvalue weighted by Crippen LogP contribution is 2.21. The molecule has 1 aliphatic heterocycles. The maximum absolute atomic E-state index is 11.2. The second kappa shape index (κ2) is 6.73. The van der Waals surface area contributed by atoms with Gasteiger partial charge in [-0.25, -0.2) is 14.8 Å². The molecular weight excluding hydrogens is 380 g/mol. The van der Waals surface area contributed by atoms with Crippen molar-refractivity contribution in [3.63, 3.8) is 0 Å². The van der Waals surface area contributed by atoms with Crippen molar-refractivity contribution in [3.05, 3.63) is 23.2 Å². The topological polar surface area (TPSA) is 119 Å². The number of aromatic nitrogens is 4. The van der Waals surface area contributed by atoms with Crippen LogP contribution < -0.4 is 5.73 Å². The number of carbonyl (C=O) groups is 1. The monoisotopic (exact) mass is 396 g/mol. The molecule has 2 aromatic heterocycles. The molecule has 1 aliphatic rings. The molecule has 9 nitrogen and oxygen atoms in total. The quantitative estimate of drug-likeness (QED) is 0.805. The average Bonchev–Trinajstić information content (AvgIpc) is 3.00. The molecule has 0 aromatic carbocycles. The summed E-state index contributed by atoms with van der Waals surface area (Å²) in [5, 5.41) is 13.5. The Kier molecular flexibility index (Phi) is 4.67. The van der Waals surface area contributed by atoms with Gasteiger partial charge in [0.25, 0.3) is 0 Å². The summed E-state index contributed by atoms with van der Waals surface area (Å²) >= 11 is 3.25. The molecule has 128 valence electrons. The second-order valence-electron chi connectivity index (χ2n) is 5.62. The number of amides is 1. The summed E-state index contributed by atoms with van der Waals surface area (Å²) < 4.78 is 7.90. The number of hydrogen-bond donors (Lipinski definition) is 2. The molecule has 0 aliphatic carbocycles. The van der Waals surface area contributed by atoms with E-state index in [9.17, 15) is 9.90 Å². The molecular formula is C14H17BrN6O3. The Labute approximate surface area is 146 Å². The number of ether oxygens (including phenoxy) is 1. The van der Waals surface area contributed by atoms with Crippen molar-refractivity contribution in [2.45, 2.75) is 25.6 Å². The molecule has 10 heteroatoms. The zero-order valence-corrected chi connectivity index (χ0v) is 14.5. The smallest absolute Gasteiger partial charge is 0.407 e. The minimum atomic E-state index is -0.932. The van der Waals surface area contributed by atoms with Crippen LogP contribution in [0.1, 0.15) is 6.92 Å². The van der Waals surface area contributed by atoms with Gasteiger partial charge in [0, 0.05) is 11.8 Å². The molecule has 1 fully saturated rings. The van der Waals surface area contributed by atoms with Crippen molar-refractivity contribution >= 4 is 27.8 Å². The summed E-state index contributed by atoms with van der Waals surface area (Å²) in [6, 6.07) is -0.144. The highest BCUT2D eigenvalue weighted by atomic mass is 79.9. The molecule has 0 bridgehead atoms. The Balaban J connectivity index is 1.70. The third-order valence-electron chi connectivity index (χ3n) is 3.83. The minimum Gasteiger partial charge on any atom is -0.465 e. The summed E-state index contributed by atoms with van der Waals surface area (Å²) in [4.78, 5) is 21.0. The second-order valence-corrected chi connectivity index (χ2v) is 6.37. The summed E-state index contributed by atoms with van der Waals surface area (Å²) in [6.45, 7) is 2.98. The lowest BCUT2D eigenvalue weighted by Gasteiger charge is -2.36. The first-order valence-electron chi connectivity index (χ1n) is 7.36. The number of anilines is 1. The lowest BCUT2D eigenvalue weighted by molar-refractivity contribution is -0.0564. The predicted molar refractivity (Wildman–Crippen MR) is 89.3 cm³/mol. The van der Waals surface area contributed by atoms with Crippen molar-refractivity contribution < 1.29 is 14.6 Å². The van der Waals surface area contributed by atoms with Crippen LogP contribution in [-0.4, -0.2) is 61.1 Å². The van der Waals surface area contributed by atoms with Gasteiger partial charge >= 0.3 is 6.09 Å². The average molecular weight is 397 g/mol. The summed E-state index contributed by atoms with van der Waals surface area (Å²) in [7, 11) is 0. The SMILES string of the molecule is C[C@@H]1CO[C@H](Cn2cc(-c3cnc(N)c(Br)n3)cn2)CN1C(=O)O. The van der Waals surface area contributed by atoms with E-state index in [4.69, 9.17) is 10.5 Å². The van der Waals surface area contributed by atoms with Gasteiger partial charge in [0.05, 0.1) is 49.9 Å². The van der Waals surface area contributed by atoms with Gasteiger partial charge in [-0.05, 0) is 22.9 Å². The van der Waals surface area contributed by atoms with Gasteiger partial charge in [0.2, 0.25) is 0 Å². The highest BCUT2D eigenvalue weighted by molar-refractivity contribution is 9.10. The third kappa shape index (κ3) is 3.49. The molecule has 1 amide bonds. The maximum Gasteiger partial charge on any atom is 0.407 e. The van der Waals surface area contributed by atoms with Crippen LogP contribution in [0.25, 0.3) is 11.3 Å². The fourth-order valence-corrected chi connectivity index (χ4v) is 2.81. The van der Waals surface area contributed by atoms with E-state index >= 15 is 0 Å². The highest BCUT2D eigenvalue weighted by Gasteiger charge is 2.29. The number of hydrogen-bond acceptors (Lipinski definition) is 6. The van der Waals surface area contributed by atoms with Crippen molar-refractivity contribution in [2.24, 2.45) is 0 Å². The first-order valence-corrected chi connectivity index (χ1v) is 8.15. The van der Waals surface area contributed by atoms with Gasteiger partial charge < -0.3 is 20.5 Å². The molecule has 0 spiro atoms. The van der Waals surface area contributed by atoms with E-state index in [0.717, 1.165) is 5.56 Å². The normalized spacial score (nSPS) is 21.0. The molecule has 24 heavy (non-hydrogen) atoms. The molecule has 0 radical (unpaired) electrons. The van der Waals surface area contributed by atoms with Crippen LogP contribution >= 0.6 is 15.9 Å². The lowest BCUT2D eigenvalue weighted by atomic mass is 10.2.